The minimum atomic E-state index is -0.0494. The van der Waals surface area contributed by atoms with E-state index in [0.717, 1.165) is 5.03 Å². The van der Waals surface area contributed by atoms with Crippen LogP contribution < -0.4 is 0 Å². The number of amides is 2. The van der Waals surface area contributed by atoms with E-state index in [-0.39, 0.29) is 11.8 Å². The number of hydrogen-bond acceptors (Lipinski definition) is 4. The highest BCUT2D eigenvalue weighted by Gasteiger charge is 2.27. The van der Waals surface area contributed by atoms with Gasteiger partial charge in [-0.2, -0.15) is 0 Å². The first-order valence-electron chi connectivity index (χ1n) is 5.14. The first-order valence-corrected chi connectivity index (χ1v) is 6.13. The molecule has 16 heavy (non-hydrogen) atoms. The molecule has 0 aliphatic carbocycles. The first-order chi connectivity index (χ1) is 7.77. The number of carbonyl (C=O) groups excluding carboxylic acids is 2. The van der Waals surface area contributed by atoms with Crippen molar-refractivity contribution in [2.24, 2.45) is 0 Å². The molecule has 2 heterocycles. The van der Waals surface area contributed by atoms with Crippen LogP contribution in [0.25, 0.3) is 0 Å². The molecule has 2 rings (SSSR count). The number of imide groups is 1. The second-order valence-corrected chi connectivity index (χ2v) is 4.57. The molecule has 0 unspecified atom stereocenters. The number of rotatable bonds is 4. The van der Waals surface area contributed by atoms with Crippen molar-refractivity contribution in [1.82, 2.24) is 9.88 Å². The zero-order chi connectivity index (χ0) is 11.4. The van der Waals surface area contributed by atoms with Gasteiger partial charge in [-0.3, -0.25) is 14.5 Å². The molecule has 1 aromatic heterocycles. The van der Waals surface area contributed by atoms with E-state index in [9.17, 15) is 9.59 Å². The predicted molar refractivity (Wildman–Crippen MR) is 60.9 cm³/mol. The van der Waals surface area contributed by atoms with Gasteiger partial charge < -0.3 is 0 Å². The van der Waals surface area contributed by atoms with Crippen LogP contribution in [0.4, 0.5) is 0 Å². The van der Waals surface area contributed by atoms with Crippen LogP contribution in [0.1, 0.15) is 12.8 Å². The molecule has 0 spiro atoms. The van der Waals surface area contributed by atoms with Crippen molar-refractivity contribution < 1.29 is 9.59 Å². The van der Waals surface area contributed by atoms with E-state index in [1.807, 2.05) is 18.2 Å². The average molecular weight is 236 g/mol. The number of pyridine rings is 1. The molecule has 4 nitrogen and oxygen atoms in total. The van der Waals surface area contributed by atoms with Gasteiger partial charge in [0.25, 0.3) is 0 Å². The largest absolute Gasteiger partial charge is 0.282 e. The van der Waals surface area contributed by atoms with Crippen molar-refractivity contribution in [3.8, 4) is 0 Å². The summed E-state index contributed by atoms with van der Waals surface area (Å²) >= 11 is 1.55. The van der Waals surface area contributed by atoms with Crippen LogP contribution in [0.2, 0.25) is 0 Å². The third-order valence-corrected chi connectivity index (χ3v) is 3.28. The Kier molecular flexibility index (Phi) is 3.56. The Morgan fingerprint density at radius 2 is 2.00 bits per heavy atom. The summed E-state index contributed by atoms with van der Waals surface area (Å²) in [5.41, 5.74) is 0. The smallest absolute Gasteiger partial charge is 0.229 e. The van der Waals surface area contributed by atoms with Crippen LogP contribution in [0.3, 0.4) is 0 Å². The monoisotopic (exact) mass is 236 g/mol. The molecule has 1 aliphatic heterocycles. The zero-order valence-electron chi connectivity index (χ0n) is 8.76. The van der Waals surface area contributed by atoms with Gasteiger partial charge in [0.1, 0.15) is 0 Å². The number of thioether (sulfide) groups is 1. The molecule has 0 radical (unpaired) electrons. The zero-order valence-corrected chi connectivity index (χ0v) is 9.57. The van der Waals surface area contributed by atoms with E-state index in [2.05, 4.69) is 4.98 Å². The molecular weight excluding hydrogens is 224 g/mol. The van der Waals surface area contributed by atoms with Gasteiger partial charge in [0, 0.05) is 31.3 Å². The number of nitrogens with zero attached hydrogens (tertiary/aromatic N) is 2. The van der Waals surface area contributed by atoms with Crippen molar-refractivity contribution in [3.05, 3.63) is 24.4 Å². The summed E-state index contributed by atoms with van der Waals surface area (Å²) in [4.78, 5) is 28.1. The van der Waals surface area contributed by atoms with Gasteiger partial charge in [-0.05, 0) is 12.1 Å². The van der Waals surface area contributed by atoms with Crippen LogP contribution in [-0.4, -0.2) is 34.0 Å². The molecule has 0 saturated carbocycles. The standard InChI is InChI=1S/C11H12N2O2S/c14-10-4-5-11(15)13(10)7-8-16-9-3-1-2-6-12-9/h1-3,6H,4-5,7-8H2. The highest BCUT2D eigenvalue weighted by molar-refractivity contribution is 7.99. The lowest BCUT2D eigenvalue weighted by Gasteiger charge is -2.12. The molecule has 0 N–H and O–H groups in total. The third kappa shape index (κ3) is 2.61. The Morgan fingerprint density at radius 1 is 1.25 bits per heavy atom. The molecule has 1 aliphatic rings. The lowest BCUT2D eigenvalue weighted by atomic mass is 10.4. The summed E-state index contributed by atoms with van der Waals surface area (Å²) in [5.74, 6) is 0.604. The van der Waals surface area contributed by atoms with Crippen LogP contribution >= 0.6 is 11.8 Å². The summed E-state index contributed by atoms with van der Waals surface area (Å²) in [6.07, 6.45) is 2.47. The van der Waals surface area contributed by atoms with E-state index in [1.54, 1.807) is 18.0 Å². The highest BCUT2D eigenvalue weighted by atomic mass is 32.2. The second kappa shape index (κ2) is 5.12. The number of hydrogen-bond donors (Lipinski definition) is 0. The molecular formula is C11H12N2O2S. The highest BCUT2D eigenvalue weighted by Crippen LogP contribution is 2.17. The Hall–Kier alpha value is -1.36. The molecule has 2 amide bonds. The van der Waals surface area contributed by atoms with E-state index in [1.165, 1.54) is 4.90 Å². The van der Waals surface area contributed by atoms with E-state index in [4.69, 9.17) is 0 Å². The maximum atomic E-state index is 11.3. The Balaban J connectivity index is 1.80. The minimum Gasteiger partial charge on any atom is -0.282 e. The van der Waals surface area contributed by atoms with Crippen molar-refractivity contribution in [3.63, 3.8) is 0 Å². The van der Waals surface area contributed by atoms with E-state index < -0.39 is 0 Å². The second-order valence-electron chi connectivity index (χ2n) is 3.46. The number of aromatic nitrogens is 1. The Morgan fingerprint density at radius 3 is 2.62 bits per heavy atom. The number of carbonyl (C=O) groups is 2. The van der Waals surface area contributed by atoms with Gasteiger partial charge in [0.05, 0.1) is 5.03 Å². The summed E-state index contributed by atoms with van der Waals surface area (Å²) in [7, 11) is 0. The lowest BCUT2D eigenvalue weighted by molar-refractivity contribution is -0.137. The van der Waals surface area contributed by atoms with Crippen molar-refractivity contribution in [2.75, 3.05) is 12.3 Å². The molecule has 1 saturated heterocycles. The van der Waals surface area contributed by atoms with Gasteiger partial charge in [-0.15, -0.1) is 11.8 Å². The van der Waals surface area contributed by atoms with E-state index in [0.29, 0.717) is 25.1 Å². The summed E-state index contributed by atoms with van der Waals surface area (Å²) < 4.78 is 0. The van der Waals surface area contributed by atoms with Crippen LogP contribution in [0, 0.1) is 0 Å². The minimum absolute atomic E-state index is 0.0494. The van der Waals surface area contributed by atoms with E-state index >= 15 is 0 Å². The average Bonchev–Trinajstić information content (AvgIpc) is 2.62. The first kappa shape index (κ1) is 11.1. The topological polar surface area (TPSA) is 50.3 Å². The predicted octanol–water partition coefficient (Wildman–Crippen LogP) is 1.32. The molecule has 84 valence electrons. The molecule has 0 bridgehead atoms. The van der Waals surface area contributed by atoms with Gasteiger partial charge in [0.2, 0.25) is 11.8 Å². The van der Waals surface area contributed by atoms with Gasteiger partial charge in [-0.1, -0.05) is 6.07 Å². The number of likely N-dealkylation sites (tertiary alicyclic amines) is 1. The van der Waals surface area contributed by atoms with Crippen LogP contribution in [0.5, 0.6) is 0 Å². The fraction of sp³-hybridized carbons (Fsp3) is 0.364. The Labute approximate surface area is 98.0 Å². The quantitative estimate of drug-likeness (QED) is 0.584. The van der Waals surface area contributed by atoms with Crippen molar-refractivity contribution in [2.45, 2.75) is 17.9 Å². The van der Waals surface area contributed by atoms with Gasteiger partial charge in [-0.25, -0.2) is 4.98 Å². The maximum absolute atomic E-state index is 11.3. The molecule has 5 heteroatoms. The van der Waals surface area contributed by atoms with Gasteiger partial charge >= 0.3 is 0 Å². The summed E-state index contributed by atoms with van der Waals surface area (Å²) in [6, 6.07) is 5.69. The Bertz CT molecular complexity index is 378. The third-order valence-electron chi connectivity index (χ3n) is 2.36. The van der Waals surface area contributed by atoms with Gasteiger partial charge in [0.15, 0.2) is 0 Å². The fourth-order valence-electron chi connectivity index (χ4n) is 1.55. The molecule has 0 aromatic carbocycles. The normalized spacial score (nSPS) is 15.9. The molecule has 0 atom stereocenters. The lowest BCUT2D eigenvalue weighted by Crippen LogP contribution is -2.31. The maximum Gasteiger partial charge on any atom is 0.229 e. The van der Waals surface area contributed by atoms with Crippen molar-refractivity contribution >= 4 is 23.6 Å². The van der Waals surface area contributed by atoms with Crippen LogP contribution in [-0.2, 0) is 9.59 Å². The summed E-state index contributed by atoms with van der Waals surface area (Å²) in [5, 5.41) is 0.918. The molecule has 1 aromatic rings. The summed E-state index contributed by atoms with van der Waals surface area (Å²) in [6.45, 7) is 0.485. The fourth-order valence-corrected chi connectivity index (χ4v) is 2.34. The van der Waals surface area contributed by atoms with Crippen molar-refractivity contribution in [1.29, 1.82) is 0 Å². The molecule has 1 fully saturated rings. The SMILES string of the molecule is O=C1CCC(=O)N1CCSc1ccccn1. The van der Waals surface area contributed by atoms with Crippen LogP contribution in [0.15, 0.2) is 29.4 Å².